The average Bonchev–Trinajstić information content (AvgIpc) is 2.59. The summed E-state index contributed by atoms with van der Waals surface area (Å²) in [6.07, 6.45) is 0.467. The van der Waals surface area contributed by atoms with E-state index in [1.807, 2.05) is 0 Å². The normalized spacial score (nSPS) is 10.6. The Morgan fingerprint density at radius 3 is 2.76 bits per heavy atom. The second kappa shape index (κ2) is 4.25. The van der Waals surface area contributed by atoms with Gasteiger partial charge in [0.15, 0.2) is 17.9 Å². The molecule has 0 aliphatic carbocycles. The van der Waals surface area contributed by atoms with Crippen molar-refractivity contribution in [3.05, 3.63) is 40.6 Å². The van der Waals surface area contributed by atoms with Gasteiger partial charge in [0.1, 0.15) is 10.8 Å². The highest BCUT2D eigenvalue weighted by molar-refractivity contribution is 6.32. The monoisotopic (exact) mass is 256 g/mol. The Labute approximate surface area is 101 Å². The zero-order valence-corrected chi connectivity index (χ0v) is 9.50. The molecule has 2 rings (SSSR count). The summed E-state index contributed by atoms with van der Waals surface area (Å²) < 4.78 is 27.9. The van der Waals surface area contributed by atoms with Crippen LogP contribution in [-0.4, -0.2) is 16.1 Å². The van der Waals surface area contributed by atoms with E-state index in [-0.39, 0.29) is 22.0 Å². The van der Waals surface area contributed by atoms with Gasteiger partial charge in [0.05, 0.1) is 5.56 Å². The third-order valence-corrected chi connectivity index (χ3v) is 2.78. The minimum absolute atomic E-state index is 0.0319. The van der Waals surface area contributed by atoms with Gasteiger partial charge in [-0.25, -0.2) is 8.78 Å². The van der Waals surface area contributed by atoms with Crippen molar-refractivity contribution < 1.29 is 13.6 Å². The smallest absolute Gasteiger partial charge is 0.168 e. The summed E-state index contributed by atoms with van der Waals surface area (Å²) in [7, 11) is 1.51. The summed E-state index contributed by atoms with van der Waals surface area (Å²) in [5.74, 6) is -2.05. The molecule has 1 heterocycles. The molecule has 6 heteroatoms. The quantitative estimate of drug-likeness (QED) is 0.775. The van der Waals surface area contributed by atoms with Gasteiger partial charge in [-0.15, -0.1) is 0 Å². The Morgan fingerprint density at radius 1 is 1.41 bits per heavy atom. The summed E-state index contributed by atoms with van der Waals surface area (Å²) >= 11 is 5.81. The molecule has 3 nitrogen and oxygen atoms in total. The lowest BCUT2D eigenvalue weighted by molar-refractivity contribution is 0.112. The molecule has 0 spiro atoms. The lowest BCUT2D eigenvalue weighted by Gasteiger charge is -2.00. The van der Waals surface area contributed by atoms with E-state index in [2.05, 4.69) is 5.10 Å². The predicted octanol–water partition coefficient (Wildman–Crippen LogP) is 2.83. The van der Waals surface area contributed by atoms with Crippen molar-refractivity contribution in [2.75, 3.05) is 0 Å². The molecule has 0 saturated heterocycles. The number of carbonyl (C=O) groups excluding carboxylic acids is 1. The van der Waals surface area contributed by atoms with Crippen LogP contribution in [0.5, 0.6) is 0 Å². The highest BCUT2D eigenvalue weighted by Gasteiger charge is 2.19. The molecule has 1 aromatic heterocycles. The number of rotatable bonds is 2. The minimum atomic E-state index is -1.05. The first kappa shape index (κ1) is 11.7. The van der Waals surface area contributed by atoms with Crippen molar-refractivity contribution in [2.45, 2.75) is 0 Å². The SMILES string of the molecule is Cn1nc(-c2cccc(F)c2F)c(C=O)c1Cl. The van der Waals surface area contributed by atoms with E-state index in [0.29, 0.717) is 6.29 Å². The van der Waals surface area contributed by atoms with Crippen LogP contribution in [0.2, 0.25) is 5.15 Å². The van der Waals surface area contributed by atoms with Gasteiger partial charge in [0.25, 0.3) is 0 Å². The Kier molecular flexibility index (Phi) is 2.93. The number of benzene rings is 1. The van der Waals surface area contributed by atoms with E-state index in [9.17, 15) is 13.6 Å². The van der Waals surface area contributed by atoms with Gasteiger partial charge in [-0.1, -0.05) is 17.7 Å². The number of halogens is 3. The van der Waals surface area contributed by atoms with Crippen LogP contribution in [0.4, 0.5) is 8.78 Å². The molecule has 17 heavy (non-hydrogen) atoms. The van der Waals surface area contributed by atoms with Crippen LogP contribution in [0.1, 0.15) is 10.4 Å². The van der Waals surface area contributed by atoms with E-state index in [1.165, 1.54) is 23.9 Å². The maximum Gasteiger partial charge on any atom is 0.168 e. The molecule has 0 atom stereocenters. The predicted molar refractivity (Wildman–Crippen MR) is 59.0 cm³/mol. The van der Waals surface area contributed by atoms with Crippen LogP contribution in [0.15, 0.2) is 18.2 Å². The fourth-order valence-electron chi connectivity index (χ4n) is 1.51. The number of hydrogen-bond acceptors (Lipinski definition) is 2. The van der Waals surface area contributed by atoms with Crippen molar-refractivity contribution >= 4 is 17.9 Å². The van der Waals surface area contributed by atoms with Crippen LogP contribution in [-0.2, 0) is 7.05 Å². The van der Waals surface area contributed by atoms with E-state index < -0.39 is 11.6 Å². The molecule has 0 unspecified atom stereocenters. The standard InChI is InChI=1S/C11H7ClF2N2O/c1-16-11(12)7(5-17)10(15-16)6-3-2-4-8(13)9(6)14/h2-5H,1H3. The third kappa shape index (κ3) is 1.82. The molecule has 0 bridgehead atoms. The second-order valence-electron chi connectivity index (χ2n) is 3.40. The van der Waals surface area contributed by atoms with Gasteiger partial charge >= 0.3 is 0 Å². The zero-order chi connectivity index (χ0) is 12.6. The molecule has 0 saturated carbocycles. The molecule has 0 aliphatic rings. The Hall–Kier alpha value is -1.75. The zero-order valence-electron chi connectivity index (χ0n) is 8.75. The van der Waals surface area contributed by atoms with Crippen molar-refractivity contribution in [1.29, 1.82) is 0 Å². The maximum absolute atomic E-state index is 13.6. The highest BCUT2D eigenvalue weighted by Crippen LogP contribution is 2.29. The van der Waals surface area contributed by atoms with Crippen molar-refractivity contribution in [2.24, 2.45) is 7.05 Å². The number of aldehydes is 1. The second-order valence-corrected chi connectivity index (χ2v) is 3.75. The van der Waals surface area contributed by atoms with E-state index in [1.54, 1.807) is 0 Å². The van der Waals surface area contributed by atoms with E-state index >= 15 is 0 Å². The third-order valence-electron chi connectivity index (χ3n) is 2.34. The van der Waals surface area contributed by atoms with Crippen LogP contribution < -0.4 is 0 Å². The van der Waals surface area contributed by atoms with Gasteiger partial charge in [-0.2, -0.15) is 5.10 Å². The minimum Gasteiger partial charge on any atom is -0.298 e. The van der Waals surface area contributed by atoms with Gasteiger partial charge in [0, 0.05) is 12.6 Å². The molecule has 0 N–H and O–H groups in total. The van der Waals surface area contributed by atoms with Crippen LogP contribution in [0.3, 0.4) is 0 Å². The molecule has 88 valence electrons. The first-order valence-corrected chi connectivity index (χ1v) is 5.06. The number of hydrogen-bond donors (Lipinski definition) is 0. The first-order chi connectivity index (χ1) is 8.06. The van der Waals surface area contributed by atoms with Gasteiger partial charge in [-0.05, 0) is 12.1 Å². The first-order valence-electron chi connectivity index (χ1n) is 4.68. The van der Waals surface area contributed by atoms with Crippen LogP contribution in [0.25, 0.3) is 11.3 Å². The number of aromatic nitrogens is 2. The van der Waals surface area contributed by atoms with Crippen molar-refractivity contribution in [3.63, 3.8) is 0 Å². The van der Waals surface area contributed by atoms with Crippen LogP contribution >= 0.6 is 11.6 Å². The van der Waals surface area contributed by atoms with E-state index in [0.717, 1.165) is 6.07 Å². The fraction of sp³-hybridized carbons (Fsp3) is 0.0909. The number of nitrogens with zero attached hydrogens (tertiary/aromatic N) is 2. The molecular formula is C11H7ClF2N2O. The molecule has 1 aromatic carbocycles. The summed E-state index contributed by atoms with van der Waals surface area (Å²) in [6, 6.07) is 3.67. The average molecular weight is 257 g/mol. The molecule has 0 radical (unpaired) electrons. The molecule has 0 amide bonds. The Morgan fingerprint density at radius 2 is 2.12 bits per heavy atom. The Bertz CT molecular complexity index is 595. The lowest BCUT2D eigenvalue weighted by Crippen LogP contribution is -1.93. The lowest BCUT2D eigenvalue weighted by atomic mass is 10.1. The summed E-state index contributed by atoms with van der Waals surface area (Å²) in [5, 5.41) is 3.98. The maximum atomic E-state index is 13.6. The van der Waals surface area contributed by atoms with Gasteiger partial charge in [-0.3, -0.25) is 9.48 Å². The molecule has 0 fully saturated rings. The largest absolute Gasteiger partial charge is 0.298 e. The van der Waals surface area contributed by atoms with Crippen molar-refractivity contribution in [3.8, 4) is 11.3 Å². The Balaban J connectivity index is 2.73. The van der Waals surface area contributed by atoms with Crippen molar-refractivity contribution in [1.82, 2.24) is 9.78 Å². The fourth-order valence-corrected chi connectivity index (χ4v) is 1.68. The van der Waals surface area contributed by atoms with Gasteiger partial charge < -0.3 is 0 Å². The number of carbonyl (C=O) groups is 1. The summed E-state index contributed by atoms with van der Waals surface area (Å²) in [4.78, 5) is 10.9. The topological polar surface area (TPSA) is 34.9 Å². The molecular weight excluding hydrogens is 250 g/mol. The summed E-state index contributed by atoms with van der Waals surface area (Å²) in [5.41, 5.74) is -0.0160. The highest BCUT2D eigenvalue weighted by atomic mass is 35.5. The van der Waals surface area contributed by atoms with Gasteiger partial charge in [0.2, 0.25) is 0 Å². The summed E-state index contributed by atoms with van der Waals surface area (Å²) in [6.45, 7) is 0. The molecule has 2 aromatic rings. The van der Waals surface area contributed by atoms with Crippen LogP contribution in [0, 0.1) is 11.6 Å². The molecule has 0 aliphatic heterocycles. The number of aryl methyl sites for hydroxylation is 1. The van der Waals surface area contributed by atoms with E-state index in [4.69, 9.17) is 11.6 Å².